The van der Waals surface area contributed by atoms with Gasteiger partial charge in [0.15, 0.2) is 6.10 Å². The molecule has 77 heavy (non-hydrogen) atoms. The number of aromatic nitrogens is 5. The smallest absolute Gasteiger partial charge is 0.472 e. The Bertz CT molecular complexity index is 2730. The summed E-state index contributed by atoms with van der Waals surface area (Å²) in [7, 11) is 1.33. The van der Waals surface area contributed by atoms with E-state index in [1.165, 1.54) is 74.5 Å². The van der Waals surface area contributed by atoms with Crippen molar-refractivity contribution in [3.05, 3.63) is 76.6 Å². The van der Waals surface area contributed by atoms with Crippen LogP contribution in [0.4, 0.5) is 0 Å². The molecular formula is C61H92N6O9P+. The van der Waals surface area contributed by atoms with Crippen LogP contribution in [-0.4, -0.2) is 106 Å². The number of carbonyl (C=O) groups is 2. The highest BCUT2D eigenvalue weighted by Gasteiger charge is 2.27. The highest BCUT2D eigenvalue weighted by atomic mass is 31.2. The standard InChI is InChI=1S/C61H91N6O9P/c1-11-16-17-18-19-20-21-22-23-24-25-26-27-30-60(68)73-42-47(43-75-77(70,71)74-36-34-67(8,9)10)76-61(69)31-28-29-35-72-46-32-33-52-57(37-46)63-41-59-45(7)49(13-3)54(66-59)39-56-51(15-5)50(14-4)55(64-56)38-53-48(12-2)44(6)58(65-53)40-62-52/h32-33,37-41,47H,11-31,34-36,42-43H2,1-10H3,(H-,62,63,64,65,66,70,71)/p+1. The topological polar surface area (TPSA) is 185 Å². The first kappa shape index (κ1) is 62.8. The number of phosphoric acid groups is 1. The Hall–Kier alpha value is -5.05. The van der Waals surface area contributed by atoms with Crippen molar-refractivity contribution in [2.75, 3.05) is 54.1 Å². The van der Waals surface area contributed by atoms with Gasteiger partial charge in [0.2, 0.25) is 0 Å². The zero-order chi connectivity index (χ0) is 55.8. The van der Waals surface area contributed by atoms with Crippen molar-refractivity contribution in [3.8, 4) is 5.75 Å². The van der Waals surface area contributed by atoms with Crippen molar-refractivity contribution in [3.63, 3.8) is 0 Å². The van der Waals surface area contributed by atoms with Gasteiger partial charge in [0, 0.05) is 24.4 Å². The Kier molecular flexibility index (Phi) is 26.2. The van der Waals surface area contributed by atoms with E-state index in [2.05, 4.69) is 65.6 Å². The van der Waals surface area contributed by atoms with E-state index in [1.54, 1.807) is 6.20 Å². The zero-order valence-electron chi connectivity index (χ0n) is 48.4. The zero-order valence-corrected chi connectivity index (χ0v) is 49.3. The highest BCUT2D eigenvalue weighted by Crippen LogP contribution is 2.43. The molecule has 2 unspecified atom stereocenters. The molecule has 1 aromatic carbocycles. The van der Waals surface area contributed by atoms with Crippen LogP contribution in [0.2, 0.25) is 0 Å². The molecule has 2 atom stereocenters. The molecule has 15 nitrogen and oxygen atoms in total. The summed E-state index contributed by atoms with van der Waals surface area (Å²) >= 11 is 0. The number of benzene rings is 1. The molecule has 3 aromatic rings. The summed E-state index contributed by atoms with van der Waals surface area (Å²) in [5, 5.41) is 0. The third-order valence-electron chi connectivity index (χ3n) is 14.3. The molecule has 2 aliphatic rings. The second kappa shape index (κ2) is 32.1. The number of carbonyl (C=O) groups excluding carboxylic acids is 2. The summed E-state index contributed by atoms with van der Waals surface area (Å²) in [4.78, 5) is 60.2. The highest BCUT2D eigenvalue weighted by molar-refractivity contribution is 7.47. The molecule has 0 saturated carbocycles. The molecule has 0 fully saturated rings. The fraction of sp³-hybridized carbons (Fsp3) is 0.607. The average molecular weight is 1080 g/mol. The predicted octanol–water partition coefficient (Wildman–Crippen LogP) is 14.6. The molecule has 0 amide bonds. The van der Waals surface area contributed by atoms with Crippen LogP contribution in [-0.2, 0) is 39.1 Å². The monoisotopic (exact) mass is 1080 g/mol. The summed E-state index contributed by atoms with van der Waals surface area (Å²) in [5.41, 5.74) is 13.9. The number of fused-ring (bicyclic) bond motifs is 7. The van der Waals surface area contributed by atoms with Gasteiger partial charge in [-0.15, -0.1) is 0 Å². The van der Waals surface area contributed by atoms with Crippen LogP contribution in [0.1, 0.15) is 204 Å². The van der Waals surface area contributed by atoms with E-state index >= 15 is 0 Å². The first-order valence-electron chi connectivity index (χ1n) is 28.9. The number of hydrogen-bond donors (Lipinski definition) is 2. The summed E-state index contributed by atoms with van der Waals surface area (Å²) in [5.74, 6) is -0.389. The quantitative estimate of drug-likeness (QED) is 0.0249. The predicted molar refractivity (Wildman–Crippen MR) is 310 cm³/mol. The van der Waals surface area contributed by atoms with E-state index in [9.17, 15) is 19.0 Å². The Morgan fingerprint density at radius 3 is 1.84 bits per heavy atom. The van der Waals surface area contributed by atoms with Crippen molar-refractivity contribution in [2.24, 2.45) is 0 Å². The van der Waals surface area contributed by atoms with Gasteiger partial charge >= 0.3 is 19.8 Å². The van der Waals surface area contributed by atoms with Gasteiger partial charge in [-0.05, 0) is 116 Å². The second-order valence-corrected chi connectivity index (χ2v) is 22.9. The molecule has 0 saturated heterocycles. The number of likely N-dealkylation sites (N-methyl/N-ethyl adjacent to an activating group) is 1. The molecule has 6 bridgehead atoms. The number of rotatable bonds is 34. The SMILES string of the molecule is CCCCCCCCCCCCCCCC(=O)OCC(COP(=O)(O)OCC[N+](C)(C)C)OC(=O)CCCCOc1ccc2ncc3[nH]c(cc4nc(cc5nc(cnc2c1)C(C)=C5CC)C(CC)=C4CC)c(CC)c3C. The maximum Gasteiger partial charge on any atom is 0.472 e. The first-order chi connectivity index (χ1) is 37.0. The lowest BCUT2D eigenvalue weighted by atomic mass is 9.99. The molecule has 0 aliphatic carbocycles. The molecule has 2 aliphatic heterocycles. The van der Waals surface area contributed by atoms with Crippen LogP contribution < -0.4 is 4.74 Å². The summed E-state index contributed by atoms with van der Waals surface area (Å²) in [6.07, 6.45) is 22.8. The number of ether oxygens (including phenoxy) is 3. The average Bonchev–Trinajstić information content (AvgIpc) is 4.02. The molecule has 16 heteroatoms. The number of hydrogen-bond acceptors (Lipinski definition) is 12. The van der Waals surface area contributed by atoms with Crippen LogP contribution in [0.25, 0.3) is 44.4 Å². The number of nitrogens with one attached hydrogen (secondary N) is 1. The molecule has 2 N–H and O–H groups in total. The number of quaternary nitrogens is 1. The van der Waals surface area contributed by atoms with Crippen LogP contribution in [0.5, 0.6) is 5.75 Å². The van der Waals surface area contributed by atoms with Gasteiger partial charge in [-0.25, -0.2) is 14.5 Å². The van der Waals surface area contributed by atoms with Crippen LogP contribution in [0, 0.1) is 6.92 Å². The van der Waals surface area contributed by atoms with E-state index in [4.69, 9.17) is 43.2 Å². The van der Waals surface area contributed by atoms with Gasteiger partial charge in [0.05, 0.1) is 86.1 Å². The molecule has 424 valence electrons. The molecule has 4 heterocycles. The summed E-state index contributed by atoms with van der Waals surface area (Å²) < 4.78 is 41.1. The van der Waals surface area contributed by atoms with Crippen molar-refractivity contribution < 1.29 is 46.8 Å². The lowest BCUT2D eigenvalue weighted by molar-refractivity contribution is -0.870. The van der Waals surface area contributed by atoms with Gasteiger partial charge in [-0.1, -0.05) is 112 Å². The number of aromatic amines is 1. The van der Waals surface area contributed by atoms with E-state index in [-0.39, 0.29) is 26.1 Å². The fourth-order valence-corrected chi connectivity index (χ4v) is 10.5. The van der Waals surface area contributed by atoms with E-state index in [0.717, 1.165) is 95.5 Å². The number of unbranched alkanes of at least 4 members (excludes halogenated alkanes) is 13. The van der Waals surface area contributed by atoms with Gasteiger partial charge in [0.1, 0.15) is 25.5 Å². The minimum Gasteiger partial charge on any atom is -0.494 e. The number of aryl methyl sites for hydroxylation is 2. The molecule has 5 rings (SSSR count). The minimum atomic E-state index is -4.48. The van der Waals surface area contributed by atoms with Crippen molar-refractivity contribution in [2.45, 2.75) is 189 Å². The number of nitrogens with zero attached hydrogens (tertiary/aromatic N) is 5. The van der Waals surface area contributed by atoms with Gasteiger partial charge in [-0.2, -0.15) is 0 Å². The van der Waals surface area contributed by atoms with Crippen molar-refractivity contribution in [1.82, 2.24) is 24.9 Å². The van der Waals surface area contributed by atoms with Crippen molar-refractivity contribution in [1.29, 1.82) is 0 Å². The maximum absolute atomic E-state index is 13.2. The lowest BCUT2D eigenvalue weighted by Gasteiger charge is -2.24. The van der Waals surface area contributed by atoms with E-state index < -0.39 is 32.5 Å². The Morgan fingerprint density at radius 1 is 0.623 bits per heavy atom. The molecule has 0 radical (unpaired) electrons. The second-order valence-electron chi connectivity index (χ2n) is 21.5. The number of esters is 2. The maximum atomic E-state index is 13.2. The summed E-state index contributed by atoms with van der Waals surface area (Å²) in [6.45, 7) is 15.1. The Labute approximate surface area is 459 Å². The van der Waals surface area contributed by atoms with E-state index in [0.29, 0.717) is 53.7 Å². The van der Waals surface area contributed by atoms with Crippen LogP contribution in [0.3, 0.4) is 0 Å². The van der Waals surface area contributed by atoms with Gasteiger partial charge in [-0.3, -0.25) is 28.6 Å². The third kappa shape index (κ3) is 20.6. The number of allylic oxidation sites excluding steroid dienone is 4. The van der Waals surface area contributed by atoms with Gasteiger partial charge < -0.3 is 28.6 Å². The van der Waals surface area contributed by atoms with Crippen molar-refractivity contribution >= 4 is 64.1 Å². The van der Waals surface area contributed by atoms with Crippen LogP contribution >= 0.6 is 7.82 Å². The summed E-state index contributed by atoms with van der Waals surface area (Å²) in [6, 6.07) is 9.94. The first-order valence-corrected chi connectivity index (χ1v) is 30.4. The molecular weight excluding hydrogens is 992 g/mol. The molecule has 0 spiro atoms. The normalized spacial score (nSPS) is 13.9. The molecule has 2 aromatic heterocycles. The van der Waals surface area contributed by atoms with Gasteiger partial charge in [0.25, 0.3) is 0 Å². The fourth-order valence-electron chi connectivity index (χ4n) is 9.76. The van der Waals surface area contributed by atoms with Crippen LogP contribution in [0.15, 0.2) is 42.7 Å². The number of H-pyrrole nitrogens is 1. The number of phosphoric ester groups is 1. The Morgan fingerprint density at radius 2 is 1.21 bits per heavy atom. The lowest BCUT2D eigenvalue weighted by Crippen LogP contribution is -2.37. The Balaban J connectivity index is 1.22. The third-order valence-corrected chi connectivity index (χ3v) is 15.3. The van der Waals surface area contributed by atoms with E-state index in [1.807, 2.05) is 45.5 Å². The minimum absolute atomic E-state index is 0.0158. The largest absolute Gasteiger partial charge is 0.494 e.